The number of carbonyl (C=O) groups excluding carboxylic acids is 1. The van der Waals surface area contributed by atoms with Crippen LogP contribution in [0.2, 0.25) is 0 Å². The van der Waals surface area contributed by atoms with E-state index in [1.165, 1.54) is 7.11 Å². The van der Waals surface area contributed by atoms with Gasteiger partial charge in [0, 0.05) is 24.0 Å². The van der Waals surface area contributed by atoms with Gasteiger partial charge in [-0.25, -0.2) is 0 Å². The molecule has 1 fully saturated rings. The van der Waals surface area contributed by atoms with Crippen molar-refractivity contribution in [2.75, 3.05) is 26.7 Å². The molecule has 1 aliphatic rings. The Morgan fingerprint density at radius 2 is 2.00 bits per heavy atom. The van der Waals surface area contributed by atoms with Gasteiger partial charge in [-0.3, -0.25) is 9.79 Å². The van der Waals surface area contributed by atoms with E-state index in [-0.39, 0.29) is 16.9 Å². The Hall–Kier alpha value is -1.26. The molecule has 1 saturated heterocycles. The SMILES string of the molecule is CCNC(=NCCC(=O)OC)N1CC(C)(C)C1(C)C. The van der Waals surface area contributed by atoms with Crippen LogP contribution < -0.4 is 5.32 Å². The molecule has 0 amide bonds. The van der Waals surface area contributed by atoms with Crippen LogP contribution in [0.15, 0.2) is 4.99 Å². The molecule has 0 aromatic rings. The van der Waals surface area contributed by atoms with Gasteiger partial charge in [-0.05, 0) is 20.8 Å². The summed E-state index contributed by atoms with van der Waals surface area (Å²) in [6.45, 7) is 13.3. The second-order valence-electron chi connectivity index (χ2n) is 6.09. The number of nitrogens with zero attached hydrogens (tertiary/aromatic N) is 2. The quantitative estimate of drug-likeness (QED) is 0.479. The molecule has 1 rings (SSSR count). The fraction of sp³-hybridized carbons (Fsp3) is 0.857. The molecule has 0 saturated carbocycles. The molecule has 19 heavy (non-hydrogen) atoms. The van der Waals surface area contributed by atoms with Crippen molar-refractivity contribution < 1.29 is 9.53 Å². The molecule has 0 aromatic heterocycles. The molecule has 0 atom stereocenters. The predicted octanol–water partition coefficient (Wildman–Crippen LogP) is 1.64. The number of aliphatic imine (C=N–C) groups is 1. The Kier molecular flexibility index (Phi) is 4.82. The van der Waals surface area contributed by atoms with Crippen molar-refractivity contribution in [2.45, 2.75) is 46.6 Å². The van der Waals surface area contributed by atoms with Gasteiger partial charge in [0.05, 0.1) is 20.1 Å². The molecule has 0 spiro atoms. The number of ether oxygens (including phenoxy) is 1. The molecule has 0 aromatic carbocycles. The zero-order valence-corrected chi connectivity index (χ0v) is 13.0. The number of likely N-dealkylation sites (tertiary alicyclic amines) is 1. The van der Waals surface area contributed by atoms with Gasteiger partial charge in [-0.15, -0.1) is 0 Å². The van der Waals surface area contributed by atoms with E-state index in [2.05, 4.69) is 47.6 Å². The molecule has 110 valence electrons. The minimum absolute atomic E-state index is 0.0687. The topological polar surface area (TPSA) is 53.9 Å². The van der Waals surface area contributed by atoms with Crippen molar-refractivity contribution in [3.05, 3.63) is 0 Å². The zero-order chi connectivity index (χ0) is 14.7. The van der Waals surface area contributed by atoms with Crippen LogP contribution in [-0.2, 0) is 9.53 Å². The van der Waals surface area contributed by atoms with Crippen LogP contribution in [-0.4, -0.2) is 49.1 Å². The van der Waals surface area contributed by atoms with Crippen LogP contribution in [0.4, 0.5) is 0 Å². The third kappa shape index (κ3) is 3.19. The lowest BCUT2D eigenvalue weighted by molar-refractivity contribution is -0.140. The lowest BCUT2D eigenvalue weighted by Crippen LogP contribution is -2.72. The summed E-state index contributed by atoms with van der Waals surface area (Å²) in [7, 11) is 1.40. The molecule has 1 aliphatic heterocycles. The number of methoxy groups -OCH3 is 1. The second-order valence-corrected chi connectivity index (χ2v) is 6.09. The fourth-order valence-corrected chi connectivity index (χ4v) is 2.15. The van der Waals surface area contributed by atoms with Gasteiger partial charge < -0.3 is 15.0 Å². The number of esters is 1. The molecule has 1 N–H and O–H groups in total. The minimum atomic E-state index is -0.220. The van der Waals surface area contributed by atoms with Crippen LogP contribution in [0.3, 0.4) is 0 Å². The summed E-state index contributed by atoms with van der Waals surface area (Å²) in [4.78, 5) is 17.9. The van der Waals surface area contributed by atoms with Gasteiger partial charge in [-0.2, -0.15) is 0 Å². The highest BCUT2D eigenvalue weighted by molar-refractivity contribution is 5.82. The lowest BCUT2D eigenvalue weighted by atomic mass is 9.65. The summed E-state index contributed by atoms with van der Waals surface area (Å²) in [5.41, 5.74) is 0.338. The normalized spacial score (nSPS) is 20.7. The van der Waals surface area contributed by atoms with E-state index in [0.29, 0.717) is 13.0 Å². The average Bonchev–Trinajstić information content (AvgIpc) is 2.34. The predicted molar refractivity (Wildman–Crippen MR) is 77.2 cm³/mol. The summed E-state index contributed by atoms with van der Waals surface area (Å²) >= 11 is 0. The highest BCUT2D eigenvalue weighted by Gasteiger charge is 2.53. The van der Waals surface area contributed by atoms with Gasteiger partial charge in [0.15, 0.2) is 5.96 Å². The van der Waals surface area contributed by atoms with Crippen molar-refractivity contribution in [1.82, 2.24) is 10.2 Å². The molecular weight excluding hydrogens is 242 g/mol. The van der Waals surface area contributed by atoms with Gasteiger partial charge in [-0.1, -0.05) is 13.8 Å². The fourth-order valence-electron chi connectivity index (χ4n) is 2.15. The average molecular weight is 269 g/mol. The van der Waals surface area contributed by atoms with Crippen LogP contribution in [0.25, 0.3) is 0 Å². The first-order chi connectivity index (χ1) is 8.76. The first kappa shape index (κ1) is 15.8. The second kappa shape index (κ2) is 5.80. The lowest BCUT2D eigenvalue weighted by Gasteiger charge is -2.62. The van der Waals surface area contributed by atoms with Crippen molar-refractivity contribution in [2.24, 2.45) is 10.4 Å². The first-order valence-electron chi connectivity index (χ1n) is 6.89. The van der Waals surface area contributed by atoms with E-state index in [9.17, 15) is 4.79 Å². The number of carbonyl (C=O) groups is 1. The maximum Gasteiger partial charge on any atom is 0.307 e. The number of hydrogen-bond donors (Lipinski definition) is 1. The number of rotatable bonds is 4. The highest BCUT2D eigenvalue weighted by Crippen LogP contribution is 2.46. The van der Waals surface area contributed by atoms with E-state index in [4.69, 9.17) is 0 Å². The van der Waals surface area contributed by atoms with E-state index in [1.807, 2.05) is 6.92 Å². The largest absolute Gasteiger partial charge is 0.469 e. The monoisotopic (exact) mass is 269 g/mol. The van der Waals surface area contributed by atoms with Gasteiger partial charge in [0.2, 0.25) is 0 Å². The molecule has 0 aliphatic carbocycles. The van der Waals surface area contributed by atoms with Crippen molar-refractivity contribution in [3.63, 3.8) is 0 Å². The van der Waals surface area contributed by atoms with Crippen LogP contribution in [0, 0.1) is 5.41 Å². The Balaban J connectivity index is 2.69. The Bertz CT molecular complexity index is 362. The third-order valence-electron chi connectivity index (χ3n) is 4.28. The first-order valence-corrected chi connectivity index (χ1v) is 6.89. The summed E-state index contributed by atoms with van der Waals surface area (Å²) in [5, 5.41) is 3.29. The maximum atomic E-state index is 11.1. The zero-order valence-electron chi connectivity index (χ0n) is 13.0. The standard InChI is InChI=1S/C14H27N3O2/c1-7-15-12(16-9-8-11(18)19-6)17-10-13(2,3)14(17,4)5/h7-10H2,1-6H3,(H,15,16). The molecule has 0 radical (unpaired) electrons. The van der Waals surface area contributed by atoms with E-state index in [0.717, 1.165) is 19.0 Å². The highest BCUT2D eigenvalue weighted by atomic mass is 16.5. The molecule has 1 heterocycles. The summed E-state index contributed by atoms with van der Waals surface area (Å²) in [6.07, 6.45) is 0.322. The van der Waals surface area contributed by atoms with Crippen molar-refractivity contribution >= 4 is 11.9 Å². The van der Waals surface area contributed by atoms with E-state index >= 15 is 0 Å². The number of guanidine groups is 1. The number of nitrogens with one attached hydrogen (secondary N) is 1. The minimum Gasteiger partial charge on any atom is -0.469 e. The van der Waals surface area contributed by atoms with Gasteiger partial charge in [0.25, 0.3) is 0 Å². The molecule has 5 heteroatoms. The Morgan fingerprint density at radius 1 is 1.37 bits per heavy atom. The van der Waals surface area contributed by atoms with E-state index < -0.39 is 0 Å². The number of hydrogen-bond acceptors (Lipinski definition) is 3. The van der Waals surface area contributed by atoms with Crippen LogP contribution in [0.5, 0.6) is 0 Å². The van der Waals surface area contributed by atoms with Crippen molar-refractivity contribution in [3.8, 4) is 0 Å². The van der Waals surface area contributed by atoms with Gasteiger partial charge in [0.1, 0.15) is 0 Å². The molecule has 0 unspecified atom stereocenters. The van der Waals surface area contributed by atoms with E-state index in [1.54, 1.807) is 0 Å². The maximum absolute atomic E-state index is 11.1. The summed E-state index contributed by atoms with van der Waals surface area (Å²) < 4.78 is 4.62. The Labute approximate surface area is 116 Å². The smallest absolute Gasteiger partial charge is 0.307 e. The van der Waals surface area contributed by atoms with Crippen molar-refractivity contribution in [1.29, 1.82) is 0 Å². The van der Waals surface area contributed by atoms with Crippen LogP contribution >= 0.6 is 0 Å². The van der Waals surface area contributed by atoms with Crippen LogP contribution in [0.1, 0.15) is 41.0 Å². The molecule has 5 nitrogen and oxygen atoms in total. The molecule has 0 bridgehead atoms. The third-order valence-corrected chi connectivity index (χ3v) is 4.28. The molecular formula is C14H27N3O2. The summed E-state index contributed by atoms with van der Waals surface area (Å²) in [6, 6.07) is 0. The van der Waals surface area contributed by atoms with Gasteiger partial charge >= 0.3 is 5.97 Å². The summed E-state index contributed by atoms with van der Waals surface area (Å²) in [5.74, 6) is 0.665. The Morgan fingerprint density at radius 3 is 2.42 bits per heavy atom.